The Kier molecular flexibility index (Phi) is 5.28. The predicted molar refractivity (Wildman–Crippen MR) is 87.0 cm³/mol. The Morgan fingerprint density at radius 3 is 2.19 bits per heavy atom. The number of carbonyl (C=O) groups excluding carboxylic acids is 1. The molecule has 12 heteroatoms. The first-order valence-corrected chi connectivity index (χ1v) is 7.17. The average Bonchev–Trinajstić information content (AvgIpc) is 2.58. The van der Waals surface area contributed by atoms with Crippen LogP contribution in [0.15, 0.2) is 36.4 Å². The molecule has 0 radical (unpaired) electrons. The maximum Gasteiger partial charge on any atom is 0.416 e. The van der Waals surface area contributed by atoms with Gasteiger partial charge in [0.2, 0.25) is 0 Å². The largest absolute Gasteiger partial charge is 0.416 e. The maximum absolute atomic E-state index is 12.7. The second-order valence-electron chi connectivity index (χ2n) is 5.32. The van der Waals surface area contributed by atoms with Gasteiger partial charge >= 0.3 is 6.18 Å². The van der Waals surface area contributed by atoms with Crippen LogP contribution in [0.5, 0.6) is 0 Å². The van der Waals surface area contributed by atoms with Crippen LogP contribution in [-0.2, 0) is 6.18 Å². The highest BCUT2D eigenvalue weighted by Crippen LogP contribution is 2.34. The number of nitrogens with zero attached hydrogens (tertiary/aromatic N) is 2. The number of benzene rings is 2. The third-order valence-electron chi connectivity index (χ3n) is 3.50. The molecule has 0 saturated carbocycles. The summed E-state index contributed by atoms with van der Waals surface area (Å²) in [5, 5.41) is 21.9. The number of halogens is 3. The van der Waals surface area contributed by atoms with Gasteiger partial charge in [0.15, 0.2) is 0 Å². The fourth-order valence-electron chi connectivity index (χ4n) is 2.11. The van der Waals surface area contributed by atoms with E-state index in [1.807, 2.05) is 0 Å². The Morgan fingerprint density at radius 1 is 1.00 bits per heavy atom. The molecule has 0 atom stereocenters. The third-order valence-corrected chi connectivity index (χ3v) is 3.50. The Hall–Kier alpha value is -3.70. The van der Waals surface area contributed by atoms with Gasteiger partial charge in [-0.05, 0) is 25.1 Å². The zero-order valence-corrected chi connectivity index (χ0v) is 13.5. The van der Waals surface area contributed by atoms with Crippen LogP contribution in [0.25, 0.3) is 0 Å². The molecule has 0 saturated heterocycles. The van der Waals surface area contributed by atoms with Gasteiger partial charge in [0.25, 0.3) is 17.3 Å². The van der Waals surface area contributed by atoms with E-state index in [1.165, 1.54) is 19.1 Å². The molecule has 9 nitrogen and oxygen atoms in total. The highest BCUT2D eigenvalue weighted by molar-refractivity contribution is 5.95. The topological polar surface area (TPSA) is 127 Å². The molecule has 0 fully saturated rings. The second-order valence-corrected chi connectivity index (χ2v) is 5.32. The zero-order chi connectivity index (χ0) is 20.4. The molecule has 1 amide bonds. The van der Waals surface area contributed by atoms with Crippen LogP contribution < -0.4 is 10.9 Å². The van der Waals surface area contributed by atoms with Gasteiger partial charge in [-0.25, -0.2) is 0 Å². The lowest BCUT2D eigenvalue weighted by atomic mass is 10.1. The van der Waals surface area contributed by atoms with Crippen LogP contribution in [-0.4, -0.2) is 15.8 Å². The highest BCUT2D eigenvalue weighted by Gasteiger charge is 2.33. The molecule has 27 heavy (non-hydrogen) atoms. The van der Waals surface area contributed by atoms with Crippen molar-refractivity contribution in [3.8, 4) is 0 Å². The van der Waals surface area contributed by atoms with E-state index in [-0.39, 0.29) is 16.9 Å². The highest BCUT2D eigenvalue weighted by atomic mass is 19.4. The van der Waals surface area contributed by atoms with Crippen molar-refractivity contribution in [3.63, 3.8) is 0 Å². The van der Waals surface area contributed by atoms with Crippen molar-refractivity contribution < 1.29 is 27.8 Å². The quantitative estimate of drug-likeness (QED) is 0.599. The van der Waals surface area contributed by atoms with Crippen LogP contribution in [0.4, 0.5) is 30.2 Å². The first kappa shape index (κ1) is 19.6. The molecule has 142 valence electrons. The SMILES string of the molecule is Cc1ccc(C(=O)NNc2ccc(C(F)(F)F)cc2[N+](=O)[O-])cc1[N+](=O)[O-]. The fourth-order valence-corrected chi connectivity index (χ4v) is 2.11. The van der Waals surface area contributed by atoms with Gasteiger partial charge in [0, 0.05) is 23.3 Å². The lowest BCUT2D eigenvalue weighted by Gasteiger charge is -2.11. The molecule has 0 aromatic heterocycles. The molecular formula is C15H11F3N4O5. The number of anilines is 1. The average molecular weight is 384 g/mol. The molecule has 2 aromatic carbocycles. The first-order valence-electron chi connectivity index (χ1n) is 7.17. The van der Waals surface area contributed by atoms with E-state index in [0.717, 1.165) is 12.1 Å². The van der Waals surface area contributed by atoms with Crippen LogP contribution in [0.3, 0.4) is 0 Å². The van der Waals surface area contributed by atoms with E-state index in [1.54, 1.807) is 0 Å². The van der Waals surface area contributed by atoms with Gasteiger partial charge < -0.3 is 0 Å². The van der Waals surface area contributed by atoms with Crippen LogP contribution in [0.2, 0.25) is 0 Å². The van der Waals surface area contributed by atoms with Crippen molar-refractivity contribution in [2.24, 2.45) is 0 Å². The summed E-state index contributed by atoms with van der Waals surface area (Å²) < 4.78 is 38.0. The number of hydrogen-bond donors (Lipinski definition) is 2. The number of hydrogen-bond acceptors (Lipinski definition) is 6. The van der Waals surface area contributed by atoms with Crippen molar-refractivity contribution in [2.75, 3.05) is 5.43 Å². The third kappa shape index (κ3) is 4.48. The number of alkyl halides is 3. The fraction of sp³-hybridized carbons (Fsp3) is 0.133. The van der Waals surface area contributed by atoms with E-state index in [4.69, 9.17) is 0 Å². The zero-order valence-electron chi connectivity index (χ0n) is 13.5. The van der Waals surface area contributed by atoms with E-state index in [2.05, 4.69) is 10.9 Å². The van der Waals surface area contributed by atoms with Crippen molar-refractivity contribution in [2.45, 2.75) is 13.1 Å². The van der Waals surface area contributed by atoms with Crippen LogP contribution in [0.1, 0.15) is 21.5 Å². The summed E-state index contributed by atoms with van der Waals surface area (Å²) in [7, 11) is 0. The lowest BCUT2D eigenvalue weighted by molar-refractivity contribution is -0.385. The molecule has 0 unspecified atom stereocenters. The van der Waals surface area contributed by atoms with Crippen LogP contribution >= 0.6 is 0 Å². The Labute approximate surface area is 149 Å². The van der Waals surface area contributed by atoms with Gasteiger partial charge in [-0.1, -0.05) is 6.07 Å². The Balaban J connectivity index is 2.23. The summed E-state index contributed by atoms with van der Waals surface area (Å²) in [4.78, 5) is 32.2. The van der Waals surface area contributed by atoms with E-state index in [0.29, 0.717) is 17.7 Å². The van der Waals surface area contributed by atoms with E-state index in [9.17, 15) is 38.2 Å². The summed E-state index contributed by atoms with van der Waals surface area (Å²) in [6, 6.07) is 5.36. The van der Waals surface area contributed by atoms with Crippen molar-refractivity contribution in [1.29, 1.82) is 0 Å². The number of nitrogens with one attached hydrogen (secondary N) is 2. The summed E-state index contributed by atoms with van der Waals surface area (Å²) in [5.74, 6) is -0.868. The molecule has 2 rings (SSSR count). The minimum Gasteiger partial charge on any atom is -0.292 e. The smallest absolute Gasteiger partial charge is 0.292 e. The van der Waals surface area contributed by atoms with Crippen molar-refractivity contribution in [3.05, 3.63) is 73.3 Å². The standard InChI is InChI=1S/C15H11F3N4O5/c1-8-2-3-9(6-12(8)21(24)25)14(23)20-19-11-5-4-10(15(16,17)18)7-13(11)22(26)27/h2-7,19H,1H3,(H,20,23). The van der Waals surface area contributed by atoms with Gasteiger partial charge in [-0.3, -0.25) is 35.9 Å². The van der Waals surface area contributed by atoms with Gasteiger partial charge in [-0.2, -0.15) is 13.2 Å². The number of nitro groups is 2. The minimum absolute atomic E-state index is 0.116. The minimum atomic E-state index is -4.77. The Bertz CT molecular complexity index is 930. The summed E-state index contributed by atoms with van der Waals surface area (Å²) in [6.45, 7) is 1.48. The number of hydrazine groups is 1. The first-order chi connectivity index (χ1) is 12.5. The second kappa shape index (κ2) is 7.27. The van der Waals surface area contributed by atoms with Gasteiger partial charge in [-0.15, -0.1) is 0 Å². The van der Waals surface area contributed by atoms with Crippen molar-refractivity contribution in [1.82, 2.24) is 5.43 Å². The predicted octanol–water partition coefficient (Wildman–Crippen LogP) is 3.59. The molecule has 0 bridgehead atoms. The number of aryl methyl sites for hydroxylation is 1. The van der Waals surface area contributed by atoms with Crippen LogP contribution in [0, 0.1) is 27.2 Å². The van der Waals surface area contributed by atoms with Crippen molar-refractivity contribution >= 4 is 23.0 Å². The number of nitro benzene ring substituents is 2. The molecule has 0 aliphatic heterocycles. The molecule has 2 aromatic rings. The Morgan fingerprint density at radius 2 is 1.63 bits per heavy atom. The normalized spacial score (nSPS) is 11.0. The number of amides is 1. The number of carbonyl (C=O) groups is 1. The summed E-state index contributed by atoms with van der Waals surface area (Å²) in [5.41, 5.74) is 1.61. The maximum atomic E-state index is 12.7. The molecule has 2 N–H and O–H groups in total. The lowest BCUT2D eigenvalue weighted by Crippen LogP contribution is -2.29. The molecular weight excluding hydrogens is 373 g/mol. The molecule has 0 aliphatic carbocycles. The summed E-state index contributed by atoms with van der Waals surface area (Å²) >= 11 is 0. The summed E-state index contributed by atoms with van der Waals surface area (Å²) in [6.07, 6.45) is -4.77. The molecule has 0 aliphatic rings. The molecule has 0 spiro atoms. The van der Waals surface area contributed by atoms with E-state index < -0.39 is 33.2 Å². The molecule has 0 heterocycles. The van der Waals surface area contributed by atoms with E-state index >= 15 is 0 Å². The monoisotopic (exact) mass is 384 g/mol. The van der Waals surface area contributed by atoms with Gasteiger partial charge in [0.1, 0.15) is 5.69 Å². The van der Waals surface area contributed by atoms with Gasteiger partial charge in [0.05, 0.1) is 15.4 Å². The number of rotatable bonds is 5.